The SMILES string of the molecule is Cc1oc(C(C)C)cc1C(=O)Nc1ccc(CCC(=O)O)cc1. The van der Waals surface area contributed by atoms with E-state index in [4.69, 9.17) is 9.52 Å². The van der Waals surface area contributed by atoms with Crippen LogP contribution in [-0.4, -0.2) is 17.0 Å². The van der Waals surface area contributed by atoms with Crippen LogP contribution in [0.1, 0.15) is 53.6 Å². The molecular formula is C18H21NO4. The molecule has 1 amide bonds. The van der Waals surface area contributed by atoms with Gasteiger partial charge in [-0.15, -0.1) is 0 Å². The summed E-state index contributed by atoms with van der Waals surface area (Å²) in [6, 6.07) is 8.96. The van der Waals surface area contributed by atoms with Gasteiger partial charge >= 0.3 is 5.97 Å². The first-order chi connectivity index (χ1) is 10.9. The molecule has 2 N–H and O–H groups in total. The van der Waals surface area contributed by atoms with Gasteiger partial charge in [0.15, 0.2) is 0 Å². The first-order valence-electron chi connectivity index (χ1n) is 7.59. The number of hydrogen-bond donors (Lipinski definition) is 2. The minimum atomic E-state index is -0.821. The molecule has 2 rings (SSSR count). The average Bonchev–Trinajstić information content (AvgIpc) is 2.89. The first kappa shape index (κ1) is 16.8. The van der Waals surface area contributed by atoms with Crippen molar-refractivity contribution in [3.63, 3.8) is 0 Å². The molecule has 0 aliphatic heterocycles. The molecule has 1 aromatic carbocycles. The Labute approximate surface area is 135 Å². The van der Waals surface area contributed by atoms with Crippen LogP contribution in [0.25, 0.3) is 0 Å². The topological polar surface area (TPSA) is 79.5 Å². The Hall–Kier alpha value is -2.56. The average molecular weight is 315 g/mol. The number of amides is 1. The molecule has 0 fully saturated rings. The van der Waals surface area contributed by atoms with Crippen molar-refractivity contribution in [2.45, 2.75) is 39.5 Å². The number of carbonyl (C=O) groups is 2. The molecule has 0 radical (unpaired) electrons. The van der Waals surface area contributed by atoms with Gasteiger partial charge in [0.1, 0.15) is 11.5 Å². The molecule has 5 nitrogen and oxygen atoms in total. The number of carboxylic acid groups (broad SMARTS) is 1. The van der Waals surface area contributed by atoms with Crippen molar-refractivity contribution in [2.24, 2.45) is 0 Å². The zero-order valence-electron chi connectivity index (χ0n) is 13.6. The summed E-state index contributed by atoms with van der Waals surface area (Å²) in [5, 5.41) is 11.5. The Kier molecular flexibility index (Phi) is 5.21. The molecule has 2 aromatic rings. The zero-order valence-corrected chi connectivity index (χ0v) is 13.6. The molecule has 0 unspecified atom stereocenters. The van der Waals surface area contributed by atoms with E-state index >= 15 is 0 Å². The van der Waals surface area contributed by atoms with Crippen LogP contribution < -0.4 is 5.32 Å². The molecule has 23 heavy (non-hydrogen) atoms. The molecule has 0 spiro atoms. The standard InChI is InChI=1S/C18H21NO4/c1-11(2)16-10-15(12(3)23-16)18(22)19-14-7-4-13(5-8-14)6-9-17(20)21/h4-5,7-8,10-11H,6,9H2,1-3H3,(H,19,22)(H,20,21). The van der Waals surface area contributed by atoms with Crippen molar-refractivity contribution in [2.75, 3.05) is 5.32 Å². The maximum Gasteiger partial charge on any atom is 0.303 e. The molecule has 1 heterocycles. The van der Waals surface area contributed by atoms with E-state index in [1.165, 1.54) is 0 Å². The Balaban J connectivity index is 2.04. The first-order valence-corrected chi connectivity index (χ1v) is 7.59. The summed E-state index contributed by atoms with van der Waals surface area (Å²) in [4.78, 5) is 22.9. The number of carbonyl (C=O) groups excluding carboxylic acids is 1. The van der Waals surface area contributed by atoms with E-state index in [0.29, 0.717) is 23.4 Å². The lowest BCUT2D eigenvalue weighted by Gasteiger charge is -2.05. The van der Waals surface area contributed by atoms with Crippen molar-refractivity contribution in [3.05, 3.63) is 53.0 Å². The second-order valence-electron chi connectivity index (χ2n) is 5.82. The molecule has 0 bridgehead atoms. The van der Waals surface area contributed by atoms with E-state index in [1.807, 2.05) is 26.0 Å². The highest BCUT2D eigenvalue weighted by molar-refractivity contribution is 6.05. The smallest absolute Gasteiger partial charge is 0.303 e. The molecule has 122 valence electrons. The van der Waals surface area contributed by atoms with Gasteiger partial charge in [-0.25, -0.2) is 0 Å². The number of nitrogens with one attached hydrogen (secondary N) is 1. The van der Waals surface area contributed by atoms with Crippen molar-refractivity contribution >= 4 is 17.6 Å². The fourth-order valence-corrected chi connectivity index (χ4v) is 2.22. The summed E-state index contributed by atoms with van der Waals surface area (Å²) in [5.41, 5.74) is 2.12. The summed E-state index contributed by atoms with van der Waals surface area (Å²) >= 11 is 0. The van der Waals surface area contributed by atoms with Crippen molar-refractivity contribution < 1.29 is 19.1 Å². The van der Waals surface area contributed by atoms with Crippen LogP contribution in [0.4, 0.5) is 5.69 Å². The fourth-order valence-electron chi connectivity index (χ4n) is 2.22. The van der Waals surface area contributed by atoms with Gasteiger partial charge < -0.3 is 14.8 Å². The highest BCUT2D eigenvalue weighted by Crippen LogP contribution is 2.22. The van der Waals surface area contributed by atoms with Gasteiger partial charge in [0, 0.05) is 18.0 Å². The minimum absolute atomic E-state index is 0.0951. The van der Waals surface area contributed by atoms with E-state index in [0.717, 1.165) is 11.3 Å². The number of aryl methyl sites for hydroxylation is 2. The number of rotatable bonds is 6. The van der Waals surface area contributed by atoms with Gasteiger partial charge in [-0.2, -0.15) is 0 Å². The molecule has 5 heteroatoms. The third-order valence-corrected chi connectivity index (χ3v) is 3.59. The molecule has 0 atom stereocenters. The number of aliphatic carboxylic acids is 1. The largest absolute Gasteiger partial charge is 0.481 e. The molecular weight excluding hydrogens is 294 g/mol. The number of benzene rings is 1. The summed E-state index contributed by atoms with van der Waals surface area (Å²) in [6.07, 6.45) is 0.569. The van der Waals surface area contributed by atoms with Crippen LogP contribution >= 0.6 is 0 Å². The molecule has 0 saturated carbocycles. The van der Waals surface area contributed by atoms with E-state index in [1.54, 1.807) is 25.1 Å². The lowest BCUT2D eigenvalue weighted by molar-refractivity contribution is -0.136. The fraction of sp³-hybridized carbons (Fsp3) is 0.333. The van der Waals surface area contributed by atoms with Crippen LogP contribution in [-0.2, 0) is 11.2 Å². The highest BCUT2D eigenvalue weighted by Gasteiger charge is 2.16. The Bertz CT molecular complexity index is 698. The maximum absolute atomic E-state index is 12.3. The van der Waals surface area contributed by atoms with Gasteiger partial charge in [0.05, 0.1) is 5.56 Å². The van der Waals surface area contributed by atoms with Gasteiger partial charge in [-0.05, 0) is 37.1 Å². The number of hydrogen-bond acceptors (Lipinski definition) is 3. The third kappa shape index (κ3) is 4.45. The Morgan fingerprint density at radius 1 is 1.22 bits per heavy atom. The Morgan fingerprint density at radius 3 is 2.39 bits per heavy atom. The van der Waals surface area contributed by atoms with Gasteiger partial charge in [-0.1, -0.05) is 26.0 Å². The van der Waals surface area contributed by atoms with Crippen molar-refractivity contribution in [3.8, 4) is 0 Å². The number of carboxylic acids is 1. The quantitative estimate of drug-likeness (QED) is 0.845. The van der Waals surface area contributed by atoms with Crippen LogP contribution in [0, 0.1) is 6.92 Å². The lowest BCUT2D eigenvalue weighted by Crippen LogP contribution is -2.12. The number of anilines is 1. The predicted molar refractivity (Wildman–Crippen MR) is 87.9 cm³/mol. The monoisotopic (exact) mass is 315 g/mol. The van der Waals surface area contributed by atoms with Gasteiger partial charge in [-0.3, -0.25) is 9.59 Å². The Morgan fingerprint density at radius 2 is 1.87 bits per heavy atom. The molecule has 0 aliphatic rings. The second-order valence-corrected chi connectivity index (χ2v) is 5.82. The molecule has 0 saturated heterocycles. The molecule has 0 aliphatic carbocycles. The summed E-state index contributed by atoms with van der Waals surface area (Å²) in [7, 11) is 0. The van der Waals surface area contributed by atoms with Crippen molar-refractivity contribution in [1.29, 1.82) is 0 Å². The summed E-state index contributed by atoms with van der Waals surface area (Å²) in [5.74, 6) is 0.583. The van der Waals surface area contributed by atoms with E-state index in [9.17, 15) is 9.59 Å². The minimum Gasteiger partial charge on any atom is -0.481 e. The number of furan rings is 1. The van der Waals surface area contributed by atoms with E-state index in [-0.39, 0.29) is 18.2 Å². The maximum atomic E-state index is 12.3. The van der Waals surface area contributed by atoms with E-state index < -0.39 is 5.97 Å². The van der Waals surface area contributed by atoms with Crippen LogP contribution in [0.5, 0.6) is 0 Å². The summed E-state index contributed by atoms with van der Waals surface area (Å²) < 4.78 is 5.59. The van der Waals surface area contributed by atoms with Crippen LogP contribution in [0.3, 0.4) is 0 Å². The molecule has 1 aromatic heterocycles. The van der Waals surface area contributed by atoms with Crippen LogP contribution in [0.2, 0.25) is 0 Å². The van der Waals surface area contributed by atoms with Gasteiger partial charge in [0.2, 0.25) is 0 Å². The van der Waals surface area contributed by atoms with Crippen molar-refractivity contribution in [1.82, 2.24) is 0 Å². The normalized spacial score (nSPS) is 10.8. The lowest BCUT2D eigenvalue weighted by atomic mass is 10.1. The van der Waals surface area contributed by atoms with E-state index in [2.05, 4.69) is 5.32 Å². The second kappa shape index (κ2) is 7.13. The third-order valence-electron chi connectivity index (χ3n) is 3.59. The zero-order chi connectivity index (χ0) is 17.0. The summed E-state index contributed by atoms with van der Waals surface area (Å²) in [6.45, 7) is 5.79. The predicted octanol–water partition coefficient (Wildman–Crippen LogP) is 3.98. The van der Waals surface area contributed by atoms with Crippen LogP contribution in [0.15, 0.2) is 34.7 Å². The highest BCUT2D eigenvalue weighted by atomic mass is 16.4. The van der Waals surface area contributed by atoms with Gasteiger partial charge in [0.25, 0.3) is 5.91 Å².